The first kappa shape index (κ1) is 17.7. The lowest BCUT2D eigenvalue weighted by Gasteiger charge is -2.27. The monoisotopic (exact) mass is 345 g/mol. The highest BCUT2D eigenvalue weighted by Crippen LogP contribution is 2.16. The molecule has 0 radical (unpaired) electrons. The van der Waals surface area contributed by atoms with Crippen LogP contribution in [-0.4, -0.2) is 62.7 Å². The van der Waals surface area contributed by atoms with Gasteiger partial charge in [0.25, 0.3) is 5.91 Å². The Morgan fingerprint density at radius 3 is 2.80 bits per heavy atom. The van der Waals surface area contributed by atoms with Crippen molar-refractivity contribution in [3.63, 3.8) is 0 Å². The molecule has 7 nitrogen and oxygen atoms in total. The zero-order valence-corrected chi connectivity index (χ0v) is 15.3. The molecule has 1 amide bonds. The van der Waals surface area contributed by atoms with E-state index < -0.39 is 0 Å². The van der Waals surface area contributed by atoms with Crippen LogP contribution in [0.2, 0.25) is 0 Å². The highest BCUT2D eigenvalue weighted by Gasteiger charge is 2.26. The Balaban J connectivity index is 1.54. The number of oxazole rings is 1. The van der Waals surface area contributed by atoms with Gasteiger partial charge in [-0.05, 0) is 32.8 Å². The molecule has 136 valence electrons. The van der Waals surface area contributed by atoms with E-state index in [2.05, 4.69) is 21.9 Å². The Morgan fingerprint density at radius 1 is 1.28 bits per heavy atom. The van der Waals surface area contributed by atoms with E-state index in [-0.39, 0.29) is 5.91 Å². The molecule has 1 saturated heterocycles. The molecule has 1 atom stereocenters. The Kier molecular flexibility index (Phi) is 5.53. The molecule has 1 aliphatic rings. The molecule has 2 aromatic rings. The molecular weight excluding hydrogens is 318 g/mol. The summed E-state index contributed by atoms with van der Waals surface area (Å²) in [6, 6.07) is 2.42. The molecule has 1 aliphatic heterocycles. The van der Waals surface area contributed by atoms with Crippen LogP contribution in [0, 0.1) is 13.8 Å². The van der Waals surface area contributed by atoms with Crippen LogP contribution < -0.4 is 0 Å². The number of hydrogen-bond acceptors (Lipinski definition) is 5. The summed E-state index contributed by atoms with van der Waals surface area (Å²) in [7, 11) is 0. The zero-order chi connectivity index (χ0) is 17.8. The highest BCUT2D eigenvalue weighted by atomic mass is 16.4. The Hall–Kier alpha value is -2.15. The number of carbonyl (C=O) groups is 1. The van der Waals surface area contributed by atoms with E-state index >= 15 is 0 Å². The third-order valence-electron chi connectivity index (χ3n) is 4.87. The zero-order valence-electron chi connectivity index (χ0n) is 15.3. The van der Waals surface area contributed by atoms with E-state index in [0.717, 1.165) is 45.6 Å². The van der Waals surface area contributed by atoms with Gasteiger partial charge in [-0.2, -0.15) is 5.10 Å². The van der Waals surface area contributed by atoms with E-state index in [1.54, 1.807) is 6.92 Å². The lowest BCUT2D eigenvalue weighted by molar-refractivity contribution is 0.0723. The van der Waals surface area contributed by atoms with Gasteiger partial charge < -0.3 is 9.32 Å². The second-order valence-corrected chi connectivity index (χ2v) is 6.74. The maximum absolute atomic E-state index is 12.7. The van der Waals surface area contributed by atoms with Crippen LogP contribution in [0.1, 0.15) is 41.9 Å². The molecule has 0 aliphatic carbocycles. The van der Waals surface area contributed by atoms with Crippen molar-refractivity contribution in [3.05, 3.63) is 35.8 Å². The fraction of sp³-hybridized carbons (Fsp3) is 0.611. The lowest BCUT2D eigenvalue weighted by Crippen LogP contribution is -2.38. The number of amides is 1. The second-order valence-electron chi connectivity index (χ2n) is 6.74. The summed E-state index contributed by atoms with van der Waals surface area (Å²) in [5.74, 6) is 0.895. The molecule has 0 spiro atoms. The smallest absolute Gasteiger partial charge is 0.291 e. The first-order chi connectivity index (χ1) is 12.0. The lowest BCUT2D eigenvalue weighted by atomic mass is 10.2. The first-order valence-corrected chi connectivity index (χ1v) is 8.99. The molecule has 1 fully saturated rings. The van der Waals surface area contributed by atoms with Gasteiger partial charge in [-0.1, -0.05) is 0 Å². The molecule has 25 heavy (non-hydrogen) atoms. The molecule has 3 heterocycles. The van der Waals surface area contributed by atoms with Gasteiger partial charge in [0.1, 0.15) is 0 Å². The van der Waals surface area contributed by atoms with E-state index in [9.17, 15) is 4.79 Å². The van der Waals surface area contributed by atoms with Crippen LogP contribution >= 0.6 is 0 Å². The van der Waals surface area contributed by atoms with Gasteiger partial charge in [0.2, 0.25) is 5.76 Å². The van der Waals surface area contributed by atoms with Gasteiger partial charge in [-0.15, -0.1) is 0 Å². The van der Waals surface area contributed by atoms with Crippen LogP contribution in [0.3, 0.4) is 0 Å². The van der Waals surface area contributed by atoms with Gasteiger partial charge in [0.05, 0.1) is 5.69 Å². The summed E-state index contributed by atoms with van der Waals surface area (Å²) in [5, 5.41) is 4.26. The third-order valence-corrected chi connectivity index (χ3v) is 4.87. The maximum Gasteiger partial charge on any atom is 0.291 e. The van der Waals surface area contributed by atoms with Crippen LogP contribution in [0.15, 0.2) is 22.9 Å². The third kappa shape index (κ3) is 4.28. The number of aryl methyl sites for hydroxylation is 3. The minimum Gasteiger partial charge on any atom is -0.436 e. The summed E-state index contributed by atoms with van der Waals surface area (Å²) in [4.78, 5) is 21.3. The highest BCUT2D eigenvalue weighted by molar-refractivity contribution is 5.92. The van der Waals surface area contributed by atoms with E-state index in [1.165, 1.54) is 0 Å². The maximum atomic E-state index is 12.7. The van der Waals surface area contributed by atoms with Crippen molar-refractivity contribution >= 4 is 5.91 Å². The fourth-order valence-electron chi connectivity index (χ4n) is 3.39. The normalized spacial score (nSPS) is 17.5. The Labute approximate surface area is 148 Å². The number of nitrogens with zero attached hydrogens (tertiary/aromatic N) is 5. The number of rotatable bonds is 5. The molecule has 3 rings (SSSR count). The van der Waals surface area contributed by atoms with Crippen LogP contribution in [0.4, 0.5) is 0 Å². The molecule has 0 bridgehead atoms. The predicted octanol–water partition coefficient (Wildman–Crippen LogP) is 2.11. The van der Waals surface area contributed by atoms with Crippen molar-refractivity contribution in [1.29, 1.82) is 0 Å². The summed E-state index contributed by atoms with van der Waals surface area (Å²) < 4.78 is 7.47. The van der Waals surface area contributed by atoms with Crippen molar-refractivity contribution in [3.8, 4) is 0 Å². The van der Waals surface area contributed by atoms with Crippen molar-refractivity contribution in [1.82, 2.24) is 24.6 Å². The van der Waals surface area contributed by atoms with Gasteiger partial charge in [-0.3, -0.25) is 14.4 Å². The van der Waals surface area contributed by atoms with Gasteiger partial charge >= 0.3 is 0 Å². The molecule has 7 heteroatoms. The quantitative estimate of drug-likeness (QED) is 0.830. The van der Waals surface area contributed by atoms with Crippen LogP contribution in [0.25, 0.3) is 0 Å². The number of hydrogen-bond donors (Lipinski definition) is 0. The molecule has 0 saturated carbocycles. The molecule has 0 N–H and O–H groups in total. The predicted molar refractivity (Wildman–Crippen MR) is 94.4 cm³/mol. The van der Waals surface area contributed by atoms with Gasteiger partial charge in [0, 0.05) is 58.1 Å². The summed E-state index contributed by atoms with van der Waals surface area (Å²) in [5.41, 5.74) is 0.677. The van der Waals surface area contributed by atoms with Crippen LogP contribution in [-0.2, 0) is 6.54 Å². The van der Waals surface area contributed by atoms with Crippen molar-refractivity contribution in [2.75, 3.05) is 26.2 Å². The Morgan fingerprint density at radius 2 is 2.12 bits per heavy atom. The fourth-order valence-corrected chi connectivity index (χ4v) is 3.39. The van der Waals surface area contributed by atoms with Crippen LogP contribution in [0.5, 0.6) is 0 Å². The largest absolute Gasteiger partial charge is 0.436 e. The van der Waals surface area contributed by atoms with Gasteiger partial charge in [-0.25, -0.2) is 4.98 Å². The number of aromatic nitrogens is 3. The second kappa shape index (κ2) is 7.82. The van der Waals surface area contributed by atoms with Crippen molar-refractivity contribution in [2.45, 2.75) is 46.2 Å². The number of carbonyl (C=O) groups excluding carboxylic acids is 1. The average molecular weight is 345 g/mol. The van der Waals surface area contributed by atoms with Crippen molar-refractivity contribution in [2.24, 2.45) is 0 Å². The summed E-state index contributed by atoms with van der Waals surface area (Å²) in [6.45, 7) is 10.2. The Bertz CT molecular complexity index is 694. The van der Waals surface area contributed by atoms with E-state index in [0.29, 0.717) is 23.4 Å². The first-order valence-electron chi connectivity index (χ1n) is 8.99. The molecule has 2 aromatic heterocycles. The minimum atomic E-state index is -0.0378. The SMILES string of the molecule is Cc1nc(C)c(C(=O)N2CCCN(C(C)CCn3cccn3)CC2)o1. The topological polar surface area (TPSA) is 67.4 Å². The summed E-state index contributed by atoms with van der Waals surface area (Å²) in [6.07, 6.45) is 5.84. The van der Waals surface area contributed by atoms with Gasteiger partial charge in [0.15, 0.2) is 5.89 Å². The van der Waals surface area contributed by atoms with Crippen molar-refractivity contribution < 1.29 is 9.21 Å². The van der Waals surface area contributed by atoms with E-state index in [1.807, 2.05) is 35.0 Å². The molecular formula is C18H27N5O2. The van der Waals surface area contributed by atoms with E-state index in [4.69, 9.17) is 4.42 Å². The standard InChI is InChI=1S/C18H27N5O2/c1-14(6-11-23-10-4-7-19-23)21-8-5-9-22(13-12-21)18(24)17-15(2)20-16(3)25-17/h4,7,10,14H,5-6,8-9,11-13H2,1-3H3. The molecule has 0 aromatic carbocycles. The molecule has 1 unspecified atom stereocenters. The summed E-state index contributed by atoms with van der Waals surface area (Å²) >= 11 is 0. The minimum absolute atomic E-state index is 0.0378. The average Bonchev–Trinajstić information content (AvgIpc) is 3.14.